The van der Waals surface area contributed by atoms with Crippen molar-refractivity contribution < 1.29 is 48.3 Å². The standard InChI is InChI=1S/C42H32O10/c1-49-37(43)29-15-23-19-33-34(20-24(23)16-30(29)38(44)50-2)42(48,28-13-9-6-10-14-28)36-22-26-18-32(40(46)52-4)31(39(45)51-3)17-25(26)21-35(36)41(33,47)27-11-7-5-8-12-27/h5-22,47-48H,1-4H3. The highest BCUT2D eigenvalue weighted by molar-refractivity contribution is 6.09. The van der Waals surface area contributed by atoms with E-state index in [2.05, 4.69) is 0 Å². The third kappa shape index (κ3) is 5.03. The average Bonchev–Trinajstić information content (AvgIpc) is 3.20. The van der Waals surface area contributed by atoms with Crippen LogP contribution in [0.15, 0.2) is 109 Å². The molecule has 0 atom stereocenters. The number of ether oxygens (including phenoxy) is 4. The van der Waals surface area contributed by atoms with E-state index >= 15 is 0 Å². The maximum absolute atomic E-state index is 13.3. The summed E-state index contributed by atoms with van der Waals surface area (Å²) in [5.74, 6) is -3.04. The molecule has 0 bridgehead atoms. The summed E-state index contributed by atoms with van der Waals surface area (Å²) in [5.41, 5.74) is -1.89. The minimum atomic E-state index is -1.92. The summed E-state index contributed by atoms with van der Waals surface area (Å²) in [5, 5.41) is 28.5. The maximum Gasteiger partial charge on any atom is 0.338 e. The van der Waals surface area contributed by atoms with Crippen LogP contribution in [0, 0.1) is 0 Å². The molecule has 0 amide bonds. The zero-order valence-electron chi connectivity index (χ0n) is 28.6. The van der Waals surface area contributed by atoms with E-state index < -0.39 is 35.1 Å². The Hall–Kier alpha value is -6.36. The summed E-state index contributed by atoms with van der Waals surface area (Å²) < 4.78 is 20.0. The third-order valence-electron chi connectivity index (χ3n) is 9.79. The van der Waals surface area contributed by atoms with E-state index in [0.717, 1.165) is 0 Å². The molecule has 0 aliphatic heterocycles. The Kier molecular flexibility index (Phi) is 8.37. The predicted molar refractivity (Wildman–Crippen MR) is 190 cm³/mol. The van der Waals surface area contributed by atoms with Crippen molar-refractivity contribution in [2.24, 2.45) is 0 Å². The molecule has 0 spiro atoms. The lowest BCUT2D eigenvalue weighted by Crippen LogP contribution is -2.44. The summed E-state index contributed by atoms with van der Waals surface area (Å²) in [4.78, 5) is 51.7. The fourth-order valence-electron chi connectivity index (χ4n) is 7.28. The summed E-state index contributed by atoms with van der Waals surface area (Å²) in [6.07, 6.45) is 0. The van der Waals surface area contributed by atoms with Gasteiger partial charge in [0.25, 0.3) is 0 Å². The van der Waals surface area contributed by atoms with Crippen LogP contribution in [-0.4, -0.2) is 62.5 Å². The van der Waals surface area contributed by atoms with Gasteiger partial charge in [-0.05, 0) is 81.2 Å². The second-order valence-corrected chi connectivity index (χ2v) is 12.4. The molecule has 7 rings (SSSR count). The van der Waals surface area contributed by atoms with Crippen LogP contribution in [0.5, 0.6) is 0 Å². The van der Waals surface area contributed by atoms with Crippen molar-refractivity contribution in [3.8, 4) is 0 Å². The number of rotatable bonds is 6. The summed E-state index contributed by atoms with van der Waals surface area (Å²) in [7, 11) is 4.82. The predicted octanol–water partition coefficient (Wildman–Crippen LogP) is 6.02. The van der Waals surface area contributed by atoms with Gasteiger partial charge < -0.3 is 29.2 Å². The Morgan fingerprint density at radius 3 is 0.846 bits per heavy atom. The van der Waals surface area contributed by atoms with Gasteiger partial charge in [-0.25, -0.2) is 19.2 Å². The average molecular weight is 697 g/mol. The molecule has 1 aliphatic rings. The number of aliphatic hydroxyl groups is 2. The molecule has 0 fully saturated rings. The molecule has 6 aromatic rings. The smallest absolute Gasteiger partial charge is 0.338 e. The van der Waals surface area contributed by atoms with E-state index in [9.17, 15) is 29.4 Å². The van der Waals surface area contributed by atoms with E-state index in [1.54, 1.807) is 72.8 Å². The van der Waals surface area contributed by atoms with Gasteiger partial charge in [-0.15, -0.1) is 0 Å². The van der Waals surface area contributed by atoms with Gasteiger partial charge >= 0.3 is 23.9 Å². The van der Waals surface area contributed by atoms with E-state index in [1.165, 1.54) is 52.7 Å². The number of hydrogen-bond donors (Lipinski definition) is 2. The van der Waals surface area contributed by atoms with Crippen LogP contribution in [-0.2, 0) is 30.1 Å². The van der Waals surface area contributed by atoms with E-state index in [1.807, 2.05) is 12.1 Å². The monoisotopic (exact) mass is 696 g/mol. The molecule has 1 aliphatic carbocycles. The van der Waals surface area contributed by atoms with Crippen molar-refractivity contribution in [2.45, 2.75) is 11.2 Å². The van der Waals surface area contributed by atoms with Gasteiger partial charge in [0, 0.05) is 22.3 Å². The number of carbonyl (C=O) groups excluding carboxylic acids is 4. The Balaban J connectivity index is 1.66. The van der Waals surface area contributed by atoms with Gasteiger partial charge in [-0.3, -0.25) is 0 Å². The van der Waals surface area contributed by atoms with Crippen molar-refractivity contribution in [1.29, 1.82) is 0 Å². The molecule has 0 radical (unpaired) electrons. The molecule has 2 N–H and O–H groups in total. The fraction of sp³-hybridized carbons (Fsp3) is 0.143. The van der Waals surface area contributed by atoms with Crippen LogP contribution in [0.3, 0.4) is 0 Å². The second kappa shape index (κ2) is 12.8. The number of carbonyl (C=O) groups is 4. The Bertz CT molecular complexity index is 2150. The second-order valence-electron chi connectivity index (χ2n) is 12.4. The van der Waals surface area contributed by atoms with Crippen molar-refractivity contribution in [3.63, 3.8) is 0 Å². The van der Waals surface area contributed by atoms with Crippen LogP contribution in [0.1, 0.15) is 74.8 Å². The molecule has 52 heavy (non-hydrogen) atoms. The molecular weight excluding hydrogens is 664 g/mol. The largest absolute Gasteiger partial charge is 0.465 e. The molecule has 0 heterocycles. The van der Waals surface area contributed by atoms with Crippen LogP contribution in [0.4, 0.5) is 0 Å². The number of benzene rings is 6. The minimum Gasteiger partial charge on any atom is -0.465 e. The zero-order valence-corrected chi connectivity index (χ0v) is 28.6. The summed E-state index contributed by atoms with van der Waals surface area (Å²) in [6.45, 7) is 0. The first-order valence-corrected chi connectivity index (χ1v) is 16.2. The van der Waals surface area contributed by atoms with E-state index in [4.69, 9.17) is 18.9 Å². The number of fused-ring (bicyclic) bond motifs is 4. The van der Waals surface area contributed by atoms with Crippen LogP contribution in [0.2, 0.25) is 0 Å². The molecular formula is C42H32O10. The van der Waals surface area contributed by atoms with Crippen molar-refractivity contribution in [2.75, 3.05) is 28.4 Å². The van der Waals surface area contributed by atoms with Crippen molar-refractivity contribution in [3.05, 3.63) is 165 Å². The normalized spacial score (nSPS) is 17.5. The van der Waals surface area contributed by atoms with E-state index in [0.29, 0.717) is 54.9 Å². The molecule has 260 valence electrons. The first kappa shape index (κ1) is 34.1. The first-order valence-electron chi connectivity index (χ1n) is 16.2. The highest BCUT2D eigenvalue weighted by atomic mass is 16.5. The molecule has 6 aromatic carbocycles. The lowest BCUT2D eigenvalue weighted by molar-refractivity contribution is 0.0555. The number of methoxy groups -OCH3 is 4. The van der Waals surface area contributed by atoms with Crippen LogP contribution in [0.25, 0.3) is 21.5 Å². The number of esters is 4. The molecule has 0 saturated carbocycles. The van der Waals surface area contributed by atoms with Crippen LogP contribution >= 0.6 is 0 Å². The summed E-state index contributed by atoms with van der Waals surface area (Å²) >= 11 is 0. The highest BCUT2D eigenvalue weighted by Gasteiger charge is 2.51. The van der Waals surface area contributed by atoms with Gasteiger partial charge in [-0.1, -0.05) is 60.7 Å². The maximum atomic E-state index is 13.3. The molecule has 0 unspecified atom stereocenters. The quantitative estimate of drug-likeness (QED) is 0.157. The fourth-order valence-corrected chi connectivity index (χ4v) is 7.28. The van der Waals surface area contributed by atoms with Gasteiger partial charge in [0.05, 0.1) is 50.7 Å². The van der Waals surface area contributed by atoms with Crippen molar-refractivity contribution in [1.82, 2.24) is 0 Å². The SMILES string of the molecule is COC(=O)c1cc2cc3c(cc2cc1C(=O)OC)C(O)(c1ccccc1)c1cc2cc(C(=O)OC)c(C(=O)OC)cc2cc1C3(O)c1ccccc1. The first-order chi connectivity index (χ1) is 25.0. The lowest BCUT2D eigenvalue weighted by atomic mass is 9.62. The topological polar surface area (TPSA) is 146 Å². The van der Waals surface area contributed by atoms with E-state index in [-0.39, 0.29) is 22.3 Å². The minimum absolute atomic E-state index is 0.0395. The molecule has 0 aromatic heterocycles. The van der Waals surface area contributed by atoms with Crippen molar-refractivity contribution >= 4 is 45.4 Å². The Morgan fingerprint density at radius 1 is 0.404 bits per heavy atom. The Labute approximate surface area is 297 Å². The Morgan fingerprint density at radius 2 is 0.635 bits per heavy atom. The molecule has 10 heteroatoms. The third-order valence-corrected chi connectivity index (χ3v) is 9.79. The zero-order chi connectivity index (χ0) is 36.9. The van der Waals surface area contributed by atoms with Gasteiger partial charge in [0.1, 0.15) is 11.2 Å². The molecule has 10 nitrogen and oxygen atoms in total. The van der Waals surface area contributed by atoms with Gasteiger partial charge in [0.15, 0.2) is 0 Å². The number of hydrogen-bond acceptors (Lipinski definition) is 10. The highest BCUT2D eigenvalue weighted by Crippen LogP contribution is 2.55. The molecule has 0 saturated heterocycles. The lowest BCUT2D eigenvalue weighted by Gasteiger charge is -2.45. The van der Waals surface area contributed by atoms with Gasteiger partial charge in [-0.2, -0.15) is 0 Å². The summed E-state index contributed by atoms with van der Waals surface area (Å²) in [6, 6.07) is 30.5. The van der Waals surface area contributed by atoms with Crippen LogP contribution < -0.4 is 0 Å². The van der Waals surface area contributed by atoms with Gasteiger partial charge in [0.2, 0.25) is 0 Å².